The summed E-state index contributed by atoms with van der Waals surface area (Å²) in [7, 11) is 0. The van der Waals surface area contributed by atoms with Crippen LogP contribution in [0.25, 0.3) is 10.9 Å². The number of carboxylic acid groups (broad SMARTS) is 1. The van der Waals surface area contributed by atoms with Crippen molar-refractivity contribution in [2.24, 2.45) is 0 Å². The molecule has 3 aromatic rings. The van der Waals surface area contributed by atoms with Crippen LogP contribution in [0.1, 0.15) is 28.5 Å². The van der Waals surface area contributed by atoms with Crippen molar-refractivity contribution in [3.05, 3.63) is 65.4 Å². The van der Waals surface area contributed by atoms with E-state index >= 15 is 0 Å². The molecule has 0 bridgehead atoms. The van der Waals surface area contributed by atoms with Crippen LogP contribution in [0.5, 0.6) is 5.75 Å². The third kappa shape index (κ3) is 2.80. The molecule has 4 nitrogen and oxygen atoms in total. The number of aryl methyl sites for hydroxylation is 2. The molecule has 0 fully saturated rings. The zero-order valence-corrected chi connectivity index (χ0v) is 13.2. The van der Waals surface area contributed by atoms with Gasteiger partial charge in [0.25, 0.3) is 0 Å². The van der Waals surface area contributed by atoms with Crippen LogP contribution in [-0.4, -0.2) is 15.6 Å². The minimum atomic E-state index is -0.908. The van der Waals surface area contributed by atoms with Gasteiger partial charge in [-0.05, 0) is 37.6 Å². The highest BCUT2D eigenvalue weighted by Crippen LogP contribution is 2.25. The SMILES string of the molecule is CCn1c(COc2ccccc2C)cc2cccc(C(=O)O)c21. The molecule has 0 aliphatic carbocycles. The van der Waals surface area contributed by atoms with Crippen LogP contribution < -0.4 is 4.74 Å². The molecule has 0 spiro atoms. The van der Waals surface area contributed by atoms with Gasteiger partial charge in [-0.2, -0.15) is 0 Å². The zero-order chi connectivity index (χ0) is 16.4. The highest BCUT2D eigenvalue weighted by molar-refractivity contribution is 6.02. The molecule has 0 unspecified atom stereocenters. The Bertz CT molecular complexity index is 864. The molecule has 0 radical (unpaired) electrons. The minimum absolute atomic E-state index is 0.325. The summed E-state index contributed by atoms with van der Waals surface area (Å²) in [6.07, 6.45) is 0. The van der Waals surface area contributed by atoms with Gasteiger partial charge in [0.05, 0.1) is 16.8 Å². The average molecular weight is 309 g/mol. The monoisotopic (exact) mass is 309 g/mol. The summed E-state index contributed by atoms with van der Waals surface area (Å²) in [5.74, 6) is -0.0614. The van der Waals surface area contributed by atoms with Crippen LogP contribution in [0.3, 0.4) is 0 Å². The Kier molecular flexibility index (Phi) is 4.06. The molecule has 3 rings (SSSR count). The number of fused-ring (bicyclic) bond motifs is 1. The van der Waals surface area contributed by atoms with Gasteiger partial charge in [0.2, 0.25) is 0 Å². The number of aromatic carboxylic acids is 1. The average Bonchev–Trinajstić information content (AvgIpc) is 2.91. The van der Waals surface area contributed by atoms with Crippen LogP contribution in [-0.2, 0) is 13.2 Å². The van der Waals surface area contributed by atoms with Crippen molar-refractivity contribution in [3.63, 3.8) is 0 Å². The first kappa shape index (κ1) is 15.2. The first-order chi connectivity index (χ1) is 11.1. The third-order valence-electron chi connectivity index (χ3n) is 4.02. The summed E-state index contributed by atoms with van der Waals surface area (Å²) in [4.78, 5) is 11.5. The topological polar surface area (TPSA) is 51.5 Å². The fraction of sp³-hybridized carbons (Fsp3) is 0.211. The molecule has 23 heavy (non-hydrogen) atoms. The molecule has 0 aliphatic rings. The summed E-state index contributed by atoms with van der Waals surface area (Å²) >= 11 is 0. The van der Waals surface area contributed by atoms with Crippen LogP contribution in [0.4, 0.5) is 0 Å². The number of carboxylic acids is 1. The second kappa shape index (κ2) is 6.16. The van der Waals surface area contributed by atoms with Crippen molar-refractivity contribution in [1.29, 1.82) is 0 Å². The lowest BCUT2D eigenvalue weighted by Gasteiger charge is -2.12. The van der Waals surface area contributed by atoms with E-state index in [1.165, 1.54) is 0 Å². The molecular formula is C19H19NO3. The Morgan fingerprint density at radius 3 is 2.65 bits per heavy atom. The number of nitrogens with zero attached hydrogens (tertiary/aromatic N) is 1. The Morgan fingerprint density at radius 2 is 1.96 bits per heavy atom. The van der Waals surface area contributed by atoms with Crippen molar-refractivity contribution in [1.82, 2.24) is 4.57 Å². The maximum Gasteiger partial charge on any atom is 0.337 e. The lowest BCUT2D eigenvalue weighted by Crippen LogP contribution is -2.07. The standard InChI is InChI=1S/C19H19NO3/c1-3-20-15(12-23-17-10-5-4-7-13(17)2)11-14-8-6-9-16(18(14)20)19(21)22/h4-11H,3,12H2,1-2H3,(H,21,22). The second-order valence-electron chi connectivity index (χ2n) is 5.48. The first-order valence-corrected chi connectivity index (χ1v) is 7.64. The van der Waals surface area contributed by atoms with Gasteiger partial charge in [0.15, 0.2) is 0 Å². The Morgan fingerprint density at radius 1 is 1.17 bits per heavy atom. The van der Waals surface area contributed by atoms with Gasteiger partial charge in [-0.1, -0.05) is 30.3 Å². The summed E-state index contributed by atoms with van der Waals surface area (Å²) < 4.78 is 7.94. The van der Waals surface area contributed by atoms with E-state index in [4.69, 9.17) is 4.74 Å². The highest BCUT2D eigenvalue weighted by Gasteiger charge is 2.15. The van der Waals surface area contributed by atoms with Gasteiger partial charge in [-0.25, -0.2) is 4.79 Å². The van der Waals surface area contributed by atoms with E-state index in [-0.39, 0.29) is 0 Å². The van der Waals surface area contributed by atoms with Crippen molar-refractivity contribution in [2.75, 3.05) is 0 Å². The van der Waals surface area contributed by atoms with Crippen LogP contribution in [0.15, 0.2) is 48.5 Å². The number of para-hydroxylation sites is 2. The Balaban J connectivity index is 2.00. The number of benzene rings is 2. The lowest BCUT2D eigenvalue weighted by molar-refractivity contribution is 0.0698. The summed E-state index contributed by atoms with van der Waals surface area (Å²) in [5, 5.41) is 10.3. The van der Waals surface area contributed by atoms with Crippen LogP contribution in [0, 0.1) is 6.92 Å². The predicted octanol–water partition coefficient (Wildman–Crippen LogP) is 4.25. The lowest BCUT2D eigenvalue weighted by atomic mass is 10.1. The van der Waals surface area contributed by atoms with Gasteiger partial charge >= 0.3 is 5.97 Å². The van der Waals surface area contributed by atoms with Crippen LogP contribution >= 0.6 is 0 Å². The minimum Gasteiger partial charge on any atom is -0.487 e. The summed E-state index contributed by atoms with van der Waals surface area (Å²) in [5.41, 5.74) is 3.13. The predicted molar refractivity (Wildman–Crippen MR) is 90.1 cm³/mol. The number of hydrogen-bond donors (Lipinski definition) is 1. The maximum atomic E-state index is 11.5. The van der Waals surface area contributed by atoms with Crippen molar-refractivity contribution in [2.45, 2.75) is 27.0 Å². The normalized spacial score (nSPS) is 10.9. The molecule has 118 valence electrons. The van der Waals surface area contributed by atoms with E-state index in [1.807, 2.05) is 54.8 Å². The number of carbonyl (C=O) groups is 1. The molecule has 4 heteroatoms. The number of hydrogen-bond acceptors (Lipinski definition) is 2. The molecule has 0 atom stereocenters. The number of aromatic nitrogens is 1. The summed E-state index contributed by atoms with van der Waals surface area (Å²) in [6.45, 7) is 5.12. The Labute approximate surface area is 134 Å². The molecule has 0 saturated carbocycles. The van der Waals surface area contributed by atoms with Crippen molar-refractivity contribution in [3.8, 4) is 5.75 Å². The smallest absolute Gasteiger partial charge is 0.337 e. The molecular weight excluding hydrogens is 290 g/mol. The van der Waals surface area contributed by atoms with E-state index in [1.54, 1.807) is 12.1 Å². The van der Waals surface area contributed by atoms with E-state index < -0.39 is 5.97 Å². The van der Waals surface area contributed by atoms with Crippen molar-refractivity contribution < 1.29 is 14.6 Å². The number of rotatable bonds is 5. The van der Waals surface area contributed by atoms with E-state index in [9.17, 15) is 9.90 Å². The first-order valence-electron chi connectivity index (χ1n) is 7.64. The fourth-order valence-corrected chi connectivity index (χ4v) is 2.90. The molecule has 0 amide bonds. The van der Waals surface area contributed by atoms with Gasteiger partial charge in [0, 0.05) is 11.9 Å². The van der Waals surface area contributed by atoms with Gasteiger partial charge in [0.1, 0.15) is 12.4 Å². The molecule has 0 saturated heterocycles. The third-order valence-corrected chi connectivity index (χ3v) is 4.02. The zero-order valence-electron chi connectivity index (χ0n) is 13.2. The van der Waals surface area contributed by atoms with E-state index in [0.717, 1.165) is 27.9 Å². The van der Waals surface area contributed by atoms with Crippen LogP contribution in [0.2, 0.25) is 0 Å². The molecule has 1 heterocycles. The largest absolute Gasteiger partial charge is 0.487 e. The molecule has 2 aromatic carbocycles. The quantitative estimate of drug-likeness (QED) is 0.766. The molecule has 0 aliphatic heterocycles. The molecule has 1 N–H and O–H groups in total. The van der Waals surface area contributed by atoms with Crippen molar-refractivity contribution >= 4 is 16.9 Å². The maximum absolute atomic E-state index is 11.5. The van der Waals surface area contributed by atoms with Gasteiger partial charge < -0.3 is 14.4 Å². The number of ether oxygens (including phenoxy) is 1. The molecule has 1 aromatic heterocycles. The summed E-state index contributed by atoms with van der Waals surface area (Å²) in [6, 6.07) is 15.2. The highest BCUT2D eigenvalue weighted by atomic mass is 16.5. The van der Waals surface area contributed by atoms with Gasteiger partial charge in [-0.15, -0.1) is 0 Å². The van der Waals surface area contributed by atoms with E-state index in [2.05, 4.69) is 0 Å². The van der Waals surface area contributed by atoms with Gasteiger partial charge in [-0.3, -0.25) is 0 Å². The fourth-order valence-electron chi connectivity index (χ4n) is 2.90. The second-order valence-corrected chi connectivity index (χ2v) is 5.48. The van der Waals surface area contributed by atoms with E-state index in [0.29, 0.717) is 18.7 Å². The Hall–Kier alpha value is -2.75.